The van der Waals surface area contributed by atoms with Gasteiger partial charge in [0, 0.05) is 25.2 Å². The van der Waals surface area contributed by atoms with Crippen LogP contribution in [-0.2, 0) is 13.2 Å². The highest BCUT2D eigenvalue weighted by atomic mass is 19.1. The SMILES string of the molecule is O=c1nc(OCc2ccc(Oc3cccc(F)c3)c(F)c2)cc2n1CCCN2. The van der Waals surface area contributed by atoms with E-state index >= 15 is 0 Å². The fourth-order valence-corrected chi connectivity index (χ4v) is 2.91. The maximum Gasteiger partial charge on any atom is 0.352 e. The first kappa shape index (κ1) is 18.0. The number of ether oxygens (including phenoxy) is 2. The molecule has 1 aliphatic heterocycles. The molecule has 2 aromatic carbocycles. The Hall–Kier alpha value is -3.42. The number of anilines is 1. The summed E-state index contributed by atoms with van der Waals surface area (Å²) < 4.78 is 40.0. The molecule has 0 radical (unpaired) electrons. The lowest BCUT2D eigenvalue weighted by Gasteiger charge is -2.19. The molecule has 1 aromatic heterocycles. The average molecular weight is 385 g/mol. The summed E-state index contributed by atoms with van der Waals surface area (Å²) in [7, 11) is 0. The van der Waals surface area contributed by atoms with Crippen molar-refractivity contribution in [1.29, 1.82) is 0 Å². The number of rotatable bonds is 5. The molecule has 0 bridgehead atoms. The molecule has 0 fully saturated rings. The number of benzene rings is 2. The molecule has 2 heterocycles. The van der Waals surface area contributed by atoms with Gasteiger partial charge in [-0.25, -0.2) is 13.6 Å². The van der Waals surface area contributed by atoms with Crippen LogP contribution in [0.25, 0.3) is 0 Å². The van der Waals surface area contributed by atoms with Crippen LogP contribution in [0.1, 0.15) is 12.0 Å². The Morgan fingerprint density at radius 3 is 2.86 bits per heavy atom. The number of nitrogens with zero attached hydrogens (tertiary/aromatic N) is 2. The van der Waals surface area contributed by atoms with Gasteiger partial charge in [0.1, 0.15) is 24.0 Å². The zero-order valence-corrected chi connectivity index (χ0v) is 14.8. The van der Waals surface area contributed by atoms with Gasteiger partial charge in [0.05, 0.1) is 0 Å². The average Bonchev–Trinajstić information content (AvgIpc) is 2.68. The Labute approximate surface area is 159 Å². The summed E-state index contributed by atoms with van der Waals surface area (Å²) in [6, 6.07) is 11.4. The van der Waals surface area contributed by atoms with Crippen LogP contribution in [0.5, 0.6) is 17.4 Å². The van der Waals surface area contributed by atoms with Gasteiger partial charge in [0.2, 0.25) is 5.88 Å². The number of fused-ring (bicyclic) bond motifs is 1. The van der Waals surface area contributed by atoms with E-state index < -0.39 is 11.6 Å². The van der Waals surface area contributed by atoms with E-state index in [1.807, 2.05) is 0 Å². The quantitative estimate of drug-likeness (QED) is 0.725. The molecular weight excluding hydrogens is 368 g/mol. The third-order valence-corrected chi connectivity index (χ3v) is 4.26. The van der Waals surface area contributed by atoms with Gasteiger partial charge >= 0.3 is 5.69 Å². The molecule has 1 N–H and O–H groups in total. The first-order valence-electron chi connectivity index (χ1n) is 8.79. The summed E-state index contributed by atoms with van der Waals surface area (Å²) in [6.07, 6.45) is 0.859. The molecule has 0 amide bonds. The standard InChI is InChI=1S/C20H17F2N3O3/c21-14-3-1-4-15(10-14)28-17-6-5-13(9-16(17)22)12-27-19-11-18-23-7-2-8-25(18)20(26)24-19/h1,3-6,9-11,23H,2,7-8,12H2. The summed E-state index contributed by atoms with van der Waals surface area (Å²) in [5.41, 5.74) is 0.154. The minimum Gasteiger partial charge on any atom is -0.473 e. The van der Waals surface area contributed by atoms with Crippen LogP contribution in [0.15, 0.2) is 53.3 Å². The van der Waals surface area contributed by atoms with Crippen LogP contribution in [0.2, 0.25) is 0 Å². The third-order valence-electron chi connectivity index (χ3n) is 4.26. The van der Waals surface area contributed by atoms with Gasteiger partial charge in [-0.1, -0.05) is 12.1 Å². The highest BCUT2D eigenvalue weighted by Crippen LogP contribution is 2.26. The number of hydrogen-bond donors (Lipinski definition) is 1. The van der Waals surface area contributed by atoms with E-state index in [0.29, 0.717) is 17.9 Å². The lowest BCUT2D eigenvalue weighted by Crippen LogP contribution is -2.30. The second kappa shape index (κ2) is 7.67. The smallest absolute Gasteiger partial charge is 0.352 e. The molecule has 3 aromatic rings. The molecule has 0 saturated carbocycles. The van der Waals surface area contributed by atoms with E-state index in [2.05, 4.69) is 10.3 Å². The van der Waals surface area contributed by atoms with Gasteiger partial charge in [0.15, 0.2) is 11.6 Å². The molecule has 144 valence electrons. The lowest BCUT2D eigenvalue weighted by molar-refractivity contribution is 0.290. The molecule has 0 saturated heterocycles. The maximum atomic E-state index is 14.3. The Bertz CT molecular complexity index is 1070. The number of aromatic nitrogens is 2. The number of halogens is 2. The lowest BCUT2D eigenvalue weighted by atomic mass is 10.2. The van der Waals surface area contributed by atoms with Crippen LogP contribution in [-0.4, -0.2) is 16.1 Å². The normalized spacial score (nSPS) is 12.8. The van der Waals surface area contributed by atoms with E-state index in [0.717, 1.165) is 13.0 Å². The Kier molecular flexibility index (Phi) is 4.92. The topological polar surface area (TPSA) is 65.4 Å². The van der Waals surface area contributed by atoms with Crippen molar-refractivity contribution < 1.29 is 18.3 Å². The van der Waals surface area contributed by atoms with Crippen molar-refractivity contribution in [2.75, 3.05) is 11.9 Å². The summed E-state index contributed by atoms with van der Waals surface area (Å²) in [5.74, 6) is -0.0633. The predicted molar refractivity (Wildman–Crippen MR) is 98.8 cm³/mol. The molecule has 6 nitrogen and oxygen atoms in total. The van der Waals surface area contributed by atoms with Crippen molar-refractivity contribution in [3.63, 3.8) is 0 Å². The first-order chi connectivity index (χ1) is 13.6. The minimum atomic E-state index is -0.606. The molecule has 1 aliphatic rings. The molecule has 28 heavy (non-hydrogen) atoms. The van der Waals surface area contributed by atoms with Gasteiger partial charge in [-0.05, 0) is 36.2 Å². The molecule has 8 heteroatoms. The fourth-order valence-electron chi connectivity index (χ4n) is 2.91. The molecule has 0 atom stereocenters. The highest BCUT2D eigenvalue weighted by Gasteiger charge is 2.13. The van der Waals surface area contributed by atoms with Crippen molar-refractivity contribution in [2.45, 2.75) is 19.6 Å². The van der Waals surface area contributed by atoms with Crippen molar-refractivity contribution in [1.82, 2.24) is 9.55 Å². The van der Waals surface area contributed by atoms with Gasteiger partial charge in [-0.2, -0.15) is 4.98 Å². The molecule has 0 unspecified atom stereocenters. The van der Waals surface area contributed by atoms with E-state index in [-0.39, 0.29) is 29.7 Å². The summed E-state index contributed by atoms with van der Waals surface area (Å²) in [5, 5.41) is 3.13. The van der Waals surface area contributed by atoms with Gasteiger partial charge in [-0.3, -0.25) is 4.57 Å². The zero-order valence-electron chi connectivity index (χ0n) is 14.8. The summed E-state index contributed by atoms with van der Waals surface area (Å²) >= 11 is 0. The molecule has 0 spiro atoms. The second-order valence-corrected chi connectivity index (χ2v) is 6.31. The van der Waals surface area contributed by atoms with E-state index in [9.17, 15) is 13.6 Å². The van der Waals surface area contributed by atoms with E-state index in [1.165, 1.54) is 36.4 Å². The second-order valence-electron chi connectivity index (χ2n) is 6.31. The first-order valence-corrected chi connectivity index (χ1v) is 8.79. The maximum absolute atomic E-state index is 14.3. The summed E-state index contributed by atoms with van der Waals surface area (Å²) in [4.78, 5) is 15.9. The highest BCUT2D eigenvalue weighted by molar-refractivity contribution is 5.40. The Balaban J connectivity index is 1.45. The monoisotopic (exact) mass is 385 g/mol. The van der Waals surface area contributed by atoms with Crippen molar-refractivity contribution in [2.24, 2.45) is 0 Å². The minimum absolute atomic E-state index is 0.0244. The van der Waals surface area contributed by atoms with Crippen molar-refractivity contribution in [3.8, 4) is 17.4 Å². The van der Waals surface area contributed by atoms with Crippen LogP contribution in [0.4, 0.5) is 14.6 Å². The Morgan fingerprint density at radius 2 is 2.04 bits per heavy atom. The zero-order chi connectivity index (χ0) is 19.5. The molecular formula is C20H17F2N3O3. The van der Waals surface area contributed by atoms with E-state index in [1.54, 1.807) is 16.7 Å². The third kappa shape index (κ3) is 3.95. The predicted octanol–water partition coefficient (Wildman–Crippen LogP) is 3.71. The van der Waals surface area contributed by atoms with Gasteiger partial charge in [0.25, 0.3) is 0 Å². The van der Waals surface area contributed by atoms with Gasteiger partial charge < -0.3 is 14.8 Å². The van der Waals surface area contributed by atoms with Crippen LogP contribution >= 0.6 is 0 Å². The largest absolute Gasteiger partial charge is 0.473 e. The van der Waals surface area contributed by atoms with Crippen molar-refractivity contribution in [3.05, 3.63) is 76.2 Å². The van der Waals surface area contributed by atoms with Crippen LogP contribution < -0.4 is 20.5 Å². The van der Waals surface area contributed by atoms with Crippen LogP contribution in [0.3, 0.4) is 0 Å². The number of nitrogens with one attached hydrogen (secondary N) is 1. The Morgan fingerprint density at radius 1 is 1.14 bits per heavy atom. The summed E-state index contributed by atoms with van der Waals surface area (Å²) in [6.45, 7) is 1.43. The van der Waals surface area contributed by atoms with Crippen molar-refractivity contribution >= 4 is 5.82 Å². The fraction of sp³-hybridized carbons (Fsp3) is 0.200. The van der Waals surface area contributed by atoms with E-state index in [4.69, 9.17) is 9.47 Å². The molecule has 0 aliphatic carbocycles. The van der Waals surface area contributed by atoms with Gasteiger partial charge in [-0.15, -0.1) is 0 Å². The molecule has 4 rings (SSSR count). The van der Waals surface area contributed by atoms with Crippen LogP contribution in [0, 0.1) is 11.6 Å². The number of hydrogen-bond acceptors (Lipinski definition) is 5.